The highest BCUT2D eigenvalue weighted by Crippen LogP contribution is 2.05. The van der Waals surface area contributed by atoms with Gasteiger partial charge in [0, 0.05) is 31.7 Å². The maximum atomic E-state index is 4.94. The van der Waals surface area contributed by atoms with Crippen molar-refractivity contribution in [2.45, 2.75) is 5.75 Å². The molecule has 1 aromatic rings. The molecular formula is C9H14N4S2. The number of aromatic nitrogens is 2. The zero-order valence-corrected chi connectivity index (χ0v) is 10.2. The molecule has 6 heteroatoms. The van der Waals surface area contributed by atoms with E-state index in [0.29, 0.717) is 5.11 Å². The maximum absolute atomic E-state index is 4.94. The highest BCUT2D eigenvalue weighted by Gasteiger charge is 1.95. The van der Waals surface area contributed by atoms with E-state index in [9.17, 15) is 0 Å². The molecule has 1 aromatic heterocycles. The number of nitrogens with one attached hydrogen (secondary N) is 2. The monoisotopic (exact) mass is 242 g/mol. The van der Waals surface area contributed by atoms with Gasteiger partial charge in [0.2, 0.25) is 0 Å². The van der Waals surface area contributed by atoms with Gasteiger partial charge in [-0.2, -0.15) is 11.8 Å². The lowest BCUT2D eigenvalue weighted by Gasteiger charge is -2.05. The molecule has 0 saturated carbocycles. The Morgan fingerprint density at radius 3 is 2.87 bits per heavy atom. The Morgan fingerprint density at radius 1 is 1.47 bits per heavy atom. The topological polar surface area (TPSA) is 49.8 Å². The van der Waals surface area contributed by atoms with Crippen LogP contribution in [-0.2, 0) is 5.75 Å². The van der Waals surface area contributed by atoms with Crippen molar-refractivity contribution in [3.63, 3.8) is 0 Å². The van der Waals surface area contributed by atoms with E-state index in [1.54, 1.807) is 31.2 Å². The standard InChI is InChI=1S/C9H14N4S2/c1-10-9(14)13-5-6-15-7-8-11-3-2-4-12-8/h2-4H,5-7H2,1H3,(H2,10,13,14). The van der Waals surface area contributed by atoms with Gasteiger partial charge in [-0.15, -0.1) is 0 Å². The molecule has 0 aliphatic heterocycles. The summed E-state index contributed by atoms with van der Waals surface area (Å²) < 4.78 is 0. The quantitative estimate of drug-likeness (QED) is 0.588. The summed E-state index contributed by atoms with van der Waals surface area (Å²) in [4.78, 5) is 8.27. The van der Waals surface area contributed by atoms with E-state index in [0.717, 1.165) is 23.9 Å². The van der Waals surface area contributed by atoms with Crippen molar-refractivity contribution in [2.24, 2.45) is 0 Å². The molecule has 0 aliphatic rings. The Morgan fingerprint density at radius 2 is 2.20 bits per heavy atom. The molecule has 0 amide bonds. The van der Waals surface area contributed by atoms with E-state index >= 15 is 0 Å². The Hall–Kier alpha value is -0.880. The highest BCUT2D eigenvalue weighted by atomic mass is 32.2. The van der Waals surface area contributed by atoms with Crippen molar-refractivity contribution in [1.82, 2.24) is 20.6 Å². The van der Waals surface area contributed by atoms with Crippen LogP contribution in [0.3, 0.4) is 0 Å². The largest absolute Gasteiger partial charge is 0.366 e. The highest BCUT2D eigenvalue weighted by molar-refractivity contribution is 7.98. The summed E-state index contributed by atoms with van der Waals surface area (Å²) in [5.41, 5.74) is 0. The maximum Gasteiger partial charge on any atom is 0.166 e. The predicted molar refractivity (Wildman–Crippen MR) is 67.9 cm³/mol. The molecule has 1 rings (SSSR count). The molecule has 0 aromatic carbocycles. The number of hydrogen-bond acceptors (Lipinski definition) is 4. The Bertz CT molecular complexity index is 291. The fraction of sp³-hybridized carbons (Fsp3) is 0.444. The van der Waals surface area contributed by atoms with Crippen molar-refractivity contribution >= 4 is 29.1 Å². The van der Waals surface area contributed by atoms with Crippen LogP contribution < -0.4 is 10.6 Å². The molecule has 0 unspecified atom stereocenters. The van der Waals surface area contributed by atoms with Crippen molar-refractivity contribution in [1.29, 1.82) is 0 Å². The number of thioether (sulfide) groups is 1. The molecule has 15 heavy (non-hydrogen) atoms. The summed E-state index contributed by atoms with van der Waals surface area (Å²) in [5, 5.41) is 6.62. The minimum atomic E-state index is 0.687. The second kappa shape index (κ2) is 7.42. The molecule has 0 aliphatic carbocycles. The van der Waals surface area contributed by atoms with Gasteiger partial charge in [-0.1, -0.05) is 0 Å². The lowest BCUT2D eigenvalue weighted by Crippen LogP contribution is -2.33. The van der Waals surface area contributed by atoms with Crippen LogP contribution in [0.15, 0.2) is 18.5 Å². The van der Waals surface area contributed by atoms with E-state index < -0.39 is 0 Å². The zero-order chi connectivity index (χ0) is 10.9. The lowest BCUT2D eigenvalue weighted by molar-refractivity contribution is 0.941. The van der Waals surface area contributed by atoms with E-state index in [-0.39, 0.29) is 0 Å². The van der Waals surface area contributed by atoms with Crippen molar-refractivity contribution in [2.75, 3.05) is 19.3 Å². The summed E-state index contributed by atoms with van der Waals surface area (Å²) >= 11 is 6.73. The normalized spacial score (nSPS) is 9.67. The second-order valence-electron chi connectivity index (χ2n) is 2.72. The van der Waals surface area contributed by atoms with Crippen LogP contribution in [0.1, 0.15) is 5.82 Å². The zero-order valence-electron chi connectivity index (χ0n) is 8.56. The number of nitrogens with zero attached hydrogens (tertiary/aromatic N) is 2. The second-order valence-corrected chi connectivity index (χ2v) is 4.24. The first-order valence-electron chi connectivity index (χ1n) is 4.62. The number of hydrogen-bond donors (Lipinski definition) is 2. The van der Waals surface area contributed by atoms with Crippen LogP contribution in [0, 0.1) is 0 Å². The summed E-state index contributed by atoms with van der Waals surface area (Å²) in [5.74, 6) is 2.70. The van der Waals surface area contributed by atoms with Crippen LogP contribution in [0.5, 0.6) is 0 Å². The van der Waals surface area contributed by atoms with E-state index in [2.05, 4.69) is 20.6 Å². The van der Waals surface area contributed by atoms with Crippen LogP contribution in [0.4, 0.5) is 0 Å². The molecule has 2 N–H and O–H groups in total. The number of rotatable bonds is 5. The summed E-state index contributed by atoms with van der Waals surface area (Å²) in [6.45, 7) is 0.858. The van der Waals surface area contributed by atoms with Crippen molar-refractivity contribution < 1.29 is 0 Å². The van der Waals surface area contributed by atoms with Gasteiger partial charge in [0.1, 0.15) is 5.82 Å². The molecule has 0 spiro atoms. The summed E-state index contributed by atoms with van der Waals surface area (Å²) in [6, 6.07) is 1.82. The SMILES string of the molecule is CNC(=S)NCCSCc1ncccn1. The Balaban J connectivity index is 2.05. The molecule has 4 nitrogen and oxygen atoms in total. The van der Waals surface area contributed by atoms with Crippen LogP contribution in [0.2, 0.25) is 0 Å². The average Bonchev–Trinajstić information content (AvgIpc) is 2.29. The third kappa shape index (κ3) is 5.54. The van der Waals surface area contributed by atoms with Crippen molar-refractivity contribution in [3.8, 4) is 0 Å². The van der Waals surface area contributed by atoms with E-state index in [1.165, 1.54) is 0 Å². The molecular weight excluding hydrogens is 228 g/mol. The Labute approximate surface area is 99.3 Å². The molecule has 1 heterocycles. The summed E-state index contributed by atoms with van der Waals surface area (Å²) in [6.07, 6.45) is 3.52. The van der Waals surface area contributed by atoms with Crippen LogP contribution in [-0.4, -0.2) is 34.4 Å². The van der Waals surface area contributed by atoms with Gasteiger partial charge in [-0.05, 0) is 18.3 Å². The summed E-state index contributed by atoms with van der Waals surface area (Å²) in [7, 11) is 1.81. The number of thiocarbonyl (C=S) groups is 1. The minimum Gasteiger partial charge on any atom is -0.366 e. The van der Waals surface area contributed by atoms with Gasteiger partial charge in [-0.25, -0.2) is 9.97 Å². The predicted octanol–water partition coefficient (Wildman–Crippen LogP) is 0.804. The third-order valence-corrected chi connectivity index (χ3v) is 2.91. The first-order valence-corrected chi connectivity index (χ1v) is 6.18. The molecule has 0 fully saturated rings. The van der Waals surface area contributed by atoms with Gasteiger partial charge in [0.15, 0.2) is 5.11 Å². The van der Waals surface area contributed by atoms with Gasteiger partial charge >= 0.3 is 0 Å². The molecule has 0 atom stereocenters. The Kier molecular flexibility index (Phi) is 6.03. The van der Waals surface area contributed by atoms with Crippen LogP contribution in [0.25, 0.3) is 0 Å². The van der Waals surface area contributed by atoms with E-state index in [1.807, 2.05) is 6.07 Å². The smallest absolute Gasteiger partial charge is 0.166 e. The molecule has 0 saturated heterocycles. The van der Waals surface area contributed by atoms with Gasteiger partial charge in [0.25, 0.3) is 0 Å². The van der Waals surface area contributed by atoms with Gasteiger partial charge in [-0.3, -0.25) is 0 Å². The fourth-order valence-electron chi connectivity index (χ4n) is 0.893. The molecule has 0 radical (unpaired) electrons. The minimum absolute atomic E-state index is 0.687. The fourth-order valence-corrected chi connectivity index (χ4v) is 1.72. The van der Waals surface area contributed by atoms with E-state index in [4.69, 9.17) is 12.2 Å². The van der Waals surface area contributed by atoms with Gasteiger partial charge in [0.05, 0.1) is 5.75 Å². The third-order valence-electron chi connectivity index (χ3n) is 1.61. The first kappa shape index (κ1) is 12.2. The average molecular weight is 242 g/mol. The van der Waals surface area contributed by atoms with Gasteiger partial charge < -0.3 is 10.6 Å². The lowest BCUT2D eigenvalue weighted by atomic mass is 10.6. The van der Waals surface area contributed by atoms with Crippen LogP contribution >= 0.6 is 24.0 Å². The first-order chi connectivity index (χ1) is 7.33. The molecule has 0 bridgehead atoms. The van der Waals surface area contributed by atoms with Crippen molar-refractivity contribution in [3.05, 3.63) is 24.3 Å². The molecule has 82 valence electrons.